The summed E-state index contributed by atoms with van der Waals surface area (Å²) in [5.41, 5.74) is 7.64. The van der Waals surface area contributed by atoms with Gasteiger partial charge in [0.15, 0.2) is 5.11 Å². The zero-order chi connectivity index (χ0) is 11.5. The Hall–Kier alpha value is -1.68. The van der Waals surface area contributed by atoms with Gasteiger partial charge in [-0.1, -0.05) is 18.2 Å². The van der Waals surface area contributed by atoms with Crippen LogP contribution in [0.3, 0.4) is 0 Å². The number of thiocarbonyl (C=S) groups is 1. The molecule has 0 aliphatic heterocycles. The third-order valence-corrected chi connectivity index (χ3v) is 2.75. The summed E-state index contributed by atoms with van der Waals surface area (Å²) < 4.78 is 0. The minimum Gasteiger partial charge on any atom is -0.376 e. The van der Waals surface area contributed by atoms with Crippen molar-refractivity contribution in [2.24, 2.45) is 5.73 Å². The Morgan fingerprint density at radius 1 is 1.44 bits per heavy atom. The van der Waals surface area contributed by atoms with E-state index in [1.54, 1.807) is 0 Å². The number of hydrogen-bond acceptors (Lipinski definition) is 2. The predicted octanol–water partition coefficient (Wildman–Crippen LogP) is 1.91. The minimum atomic E-state index is 0.396. The summed E-state index contributed by atoms with van der Waals surface area (Å²) in [6.07, 6.45) is 1.86. The molecule has 2 aromatic rings. The summed E-state index contributed by atoms with van der Waals surface area (Å²) in [6.45, 7) is 0.688. The Labute approximate surface area is 99.9 Å². The molecular weight excluding hydrogens is 218 g/mol. The van der Waals surface area contributed by atoms with E-state index < -0.39 is 0 Å². The number of aromatic nitrogens is 1. The molecule has 0 aliphatic rings. The van der Waals surface area contributed by atoms with Gasteiger partial charge in [0.05, 0.1) is 5.52 Å². The summed E-state index contributed by atoms with van der Waals surface area (Å²) in [6, 6.07) is 10.1. The fourth-order valence-electron chi connectivity index (χ4n) is 1.55. The first kappa shape index (κ1) is 10.8. The van der Waals surface area contributed by atoms with Crippen LogP contribution in [0.5, 0.6) is 0 Å². The van der Waals surface area contributed by atoms with Crippen molar-refractivity contribution in [2.75, 3.05) is 7.05 Å². The second-order valence-electron chi connectivity index (χ2n) is 3.73. The van der Waals surface area contributed by atoms with Gasteiger partial charge in [0, 0.05) is 25.2 Å². The van der Waals surface area contributed by atoms with Crippen molar-refractivity contribution in [3.05, 3.63) is 42.1 Å². The van der Waals surface area contributed by atoms with Crippen molar-refractivity contribution >= 4 is 28.2 Å². The standard InChI is InChI=1S/C12H13N3S/c1-15(12(13)16)8-9-6-10-4-2-3-5-11(10)14-7-9/h2-7H,8H2,1H3,(H2,13,16). The van der Waals surface area contributed by atoms with Gasteiger partial charge in [-0.25, -0.2) is 0 Å². The molecule has 0 aliphatic carbocycles. The average Bonchev–Trinajstić information content (AvgIpc) is 2.28. The second kappa shape index (κ2) is 4.45. The molecule has 16 heavy (non-hydrogen) atoms. The van der Waals surface area contributed by atoms with Gasteiger partial charge < -0.3 is 10.6 Å². The lowest BCUT2D eigenvalue weighted by Gasteiger charge is -2.16. The first-order valence-corrected chi connectivity index (χ1v) is 5.42. The molecule has 2 N–H and O–H groups in total. The first-order chi connectivity index (χ1) is 7.66. The molecular formula is C12H13N3S. The quantitative estimate of drug-likeness (QED) is 0.802. The van der Waals surface area contributed by atoms with E-state index >= 15 is 0 Å². The lowest BCUT2D eigenvalue weighted by atomic mass is 10.1. The van der Waals surface area contributed by atoms with Gasteiger partial charge in [-0.3, -0.25) is 4.98 Å². The molecule has 0 amide bonds. The largest absolute Gasteiger partial charge is 0.376 e. The molecule has 0 unspecified atom stereocenters. The molecule has 0 radical (unpaired) electrons. The maximum Gasteiger partial charge on any atom is 0.166 e. The van der Waals surface area contributed by atoms with Crippen LogP contribution in [0.1, 0.15) is 5.56 Å². The molecule has 1 aromatic carbocycles. The topological polar surface area (TPSA) is 42.2 Å². The lowest BCUT2D eigenvalue weighted by Crippen LogP contribution is -2.31. The van der Waals surface area contributed by atoms with Gasteiger partial charge in [-0.15, -0.1) is 0 Å². The van der Waals surface area contributed by atoms with Crippen LogP contribution < -0.4 is 5.73 Å². The van der Waals surface area contributed by atoms with Crippen molar-refractivity contribution in [2.45, 2.75) is 6.54 Å². The van der Waals surface area contributed by atoms with Crippen LogP contribution in [0, 0.1) is 0 Å². The van der Waals surface area contributed by atoms with Crippen LogP contribution in [0.15, 0.2) is 36.5 Å². The molecule has 82 valence electrons. The molecule has 0 fully saturated rings. The van der Waals surface area contributed by atoms with Gasteiger partial charge in [-0.2, -0.15) is 0 Å². The van der Waals surface area contributed by atoms with Crippen LogP contribution in [-0.2, 0) is 6.54 Å². The van der Waals surface area contributed by atoms with Crippen LogP contribution in [-0.4, -0.2) is 22.0 Å². The highest BCUT2D eigenvalue weighted by Gasteiger charge is 2.02. The number of nitrogens with two attached hydrogens (primary N) is 1. The Morgan fingerprint density at radius 2 is 2.19 bits per heavy atom. The van der Waals surface area contributed by atoms with Crippen LogP contribution >= 0.6 is 12.2 Å². The van der Waals surface area contributed by atoms with Gasteiger partial charge >= 0.3 is 0 Å². The molecule has 1 aromatic heterocycles. The fraction of sp³-hybridized carbons (Fsp3) is 0.167. The molecule has 0 saturated carbocycles. The molecule has 1 heterocycles. The van der Waals surface area contributed by atoms with E-state index in [0.29, 0.717) is 11.7 Å². The van der Waals surface area contributed by atoms with E-state index in [4.69, 9.17) is 18.0 Å². The van der Waals surface area contributed by atoms with Crippen LogP contribution in [0.25, 0.3) is 10.9 Å². The van der Waals surface area contributed by atoms with E-state index in [1.165, 1.54) is 0 Å². The van der Waals surface area contributed by atoms with E-state index in [1.807, 2.05) is 42.4 Å². The highest BCUT2D eigenvalue weighted by Crippen LogP contribution is 2.13. The van der Waals surface area contributed by atoms with Crippen LogP contribution in [0.2, 0.25) is 0 Å². The molecule has 0 atom stereocenters. The Morgan fingerprint density at radius 3 is 2.94 bits per heavy atom. The summed E-state index contributed by atoms with van der Waals surface area (Å²) in [4.78, 5) is 6.20. The Bertz CT molecular complexity index is 524. The van der Waals surface area contributed by atoms with Gasteiger partial charge in [0.25, 0.3) is 0 Å². The Balaban J connectivity index is 2.29. The molecule has 3 nitrogen and oxygen atoms in total. The van der Waals surface area contributed by atoms with Crippen molar-refractivity contribution < 1.29 is 0 Å². The summed E-state index contributed by atoms with van der Waals surface area (Å²) >= 11 is 4.90. The number of hydrogen-bond donors (Lipinski definition) is 1. The smallest absolute Gasteiger partial charge is 0.166 e. The molecule has 4 heteroatoms. The fourth-order valence-corrected chi connectivity index (χ4v) is 1.62. The summed E-state index contributed by atoms with van der Waals surface area (Å²) in [5, 5.41) is 1.53. The average molecular weight is 231 g/mol. The third-order valence-electron chi connectivity index (χ3n) is 2.44. The normalized spacial score (nSPS) is 10.3. The van der Waals surface area contributed by atoms with E-state index in [0.717, 1.165) is 16.5 Å². The van der Waals surface area contributed by atoms with E-state index in [-0.39, 0.29) is 0 Å². The number of rotatable bonds is 2. The predicted molar refractivity (Wildman–Crippen MR) is 70.0 cm³/mol. The monoisotopic (exact) mass is 231 g/mol. The van der Waals surface area contributed by atoms with Crippen molar-refractivity contribution in [3.8, 4) is 0 Å². The second-order valence-corrected chi connectivity index (χ2v) is 4.15. The van der Waals surface area contributed by atoms with Crippen molar-refractivity contribution in [3.63, 3.8) is 0 Å². The van der Waals surface area contributed by atoms with Gasteiger partial charge in [-0.05, 0) is 29.9 Å². The highest BCUT2D eigenvalue weighted by molar-refractivity contribution is 7.80. The van der Waals surface area contributed by atoms with E-state index in [9.17, 15) is 0 Å². The molecule has 0 spiro atoms. The number of para-hydroxylation sites is 1. The zero-order valence-electron chi connectivity index (χ0n) is 9.05. The summed E-state index contributed by atoms with van der Waals surface area (Å²) in [7, 11) is 1.87. The number of nitrogens with zero attached hydrogens (tertiary/aromatic N) is 2. The molecule has 2 rings (SSSR count). The Kier molecular flexibility index (Phi) is 3.01. The third kappa shape index (κ3) is 2.28. The van der Waals surface area contributed by atoms with Gasteiger partial charge in [0.2, 0.25) is 0 Å². The zero-order valence-corrected chi connectivity index (χ0v) is 9.87. The number of benzene rings is 1. The minimum absolute atomic E-state index is 0.396. The summed E-state index contributed by atoms with van der Waals surface area (Å²) in [5.74, 6) is 0. The van der Waals surface area contributed by atoms with E-state index in [2.05, 4.69) is 11.1 Å². The molecule has 0 bridgehead atoms. The lowest BCUT2D eigenvalue weighted by molar-refractivity contribution is 0.504. The van der Waals surface area contributed by atoms with Crippen molar-refractivity contribution in [1.29, 1.82) is 0 Å². The van der Waals surface area contributed by atoms with Crippen LogP contribution in [0.4, 0.5) is 0 Å². The maximum atomic E-state index is 5.53. The van der Waals surface area contributed by atoms with Crippen molar-refractivity contribution in [1.82, 2.24) is 9.88 Å². The highest BCUT2D eigenvalue weighted by atomic mass is 32.1. The first-order valence-electron chi connectivity index (χ1n) is 5.01. The van der Waals surface area contributed by atoms with Gasteiger partial charge in [0.1, 0.15) is 0 Å². The SMILES string of the molecule is CN(Cc1cnc2ccccc2c1)C(N)=S. The number of pyridine rings is 1. The maximum absolute atomic E-state index is 5.53. The number of fused-ring (bicyclic) bond motifs is 1. The molecule has 0 saturated heterocycles.